The highest BCUT2D eigenvalue weighted by Gasteiger charge is 2.18. The molecule has 0 aliphatic heterocycles. The largest absolute Gasteiger partial charge is 0.496 e. The Hall–Kier alpha value is -2.82. The molecule has 10 heteroatoms. The lowest BCUT2D eigenvalue weighted by Crippen LogP contribution is -2.06. The first-order chi connectivity index (χ1) is 16.7. The molecule has 0 fully saturated rings. The Bertz CT molecular complexity index is 1050. The van der Waals surface area contributed by atoms with Gasteiger partial charge in [-0.25, -0.2) is 4.98 Å². The zero-order valence-corrected chi connectivity index (χ0v) is 23.5. The van der Waals surface area contributed by atoms with Crippen LogP contribution in [-0.4, -0.2) is 56.2 Å². The average molecular weight is 570 g/mol. The Kier molecular flexibility index (Phi) is 13.1. The van der Waals surface area contributed by atoms with Crippen molar-refractivity contribution in [1.82, 2.24) is 4.98 Å². The van der Waals surface area contributed by atoms with Gasteiger partial charge < -0.3 is 29.8 Å². The Morgan fingerprint density at radius 2 is 1.34 bits per heavy atom. The number of carbonyl (C=O) groups excluding carboxylic acids is 1. The Morgan fingerprint density at radius 3 is 1.66 bits per heavy atom. The SMILES string of the molecule is CCO.COc1cc(C)cc(OC)c1-c1csc(N)n1.COc1cc(C)cc(OC)c1C(=O)CBr. The molecule has 3 N–H and O–H groups in total. The van der Waals surface area contributed by atoms with Crippen LogP contribution in [0.1, 0.15) is 28.4 Å². The molecule has 3 rings (SSSR count). The lowest BCUT2D eigenvalue weighted by molar-refractivity contribution is 0.101. The highest BCUT2D eigenvalue weighted by atomic mass is 79.9. The van der Waals surface area contributed by atoms with Crippen LogP contribution in [-0.2, 0) is 0 Å². The minimum absolute atomic E-state index is 0.0521. The lowest BCUT2D eigenvalue weighted by atomic mass is 10.1. The number of alkyl halides is 1. The summed E-state index contributed by atoms with van der Waals surface area (Å²) in [5.41, 5.74) is 9.83. The molecule has 192 valence electrons. The van der Waals surface area contributed by atoms with Crippen molar-refractivity contribution >= 4 is 38.2 Å². The fourth-order valence-electron chi connectivity index (χ4n) is 3.08. The molecular formula is C25H33BrN2O6S. The number of aromatic nitrogens is 1. The number of halogens is 1. The monoisotopic (exact) mass is 568 g/mol. The fraction of sp³-hybridized carbons (Fsp3) is 0.360. The summed E-state index contributed by atoms with van der Waals surface area (Å²) in [6.45, 7) is 5.84. The summed E-state index contributed by atoms with van der Waals surface area (Å²) in [6, 6.07) is 7.54. The van der Waals surface area contributed by atoms with Crippen LogP contribution >= 0.6 is 27.3 Å². The number of thiazole rings is 1. The van der Waals surface area contributed by atoms with E-state index in [1.54, 1.807) is 35.4 Å². The number of rotatable bonds is 7. The number of nitrogen functional groups attached to an aromatic ring is 1. The van der Waals surface area contributed by atoms with Gasteiger partial charge in [0.05, 0.1) is 45.0 Å². The maximum Gasteiger partial charge on any atom is 0.180 e. The molecule has 1 heterocycles. The predicted octanol–water partition coefficient (Wildman–Crippen LogP) is 5.31. The van der Waals surface area contributed by atoms with Gasteiger partial charge >= 0.3 is 0 Å². The normalized spacial score (nSPS) is 9.74. The van der Waals surface area contributed by atoms with Gasteiger partial charge in [-0.15, -0.1) is 11.3 Å². The summed E-state index contributed by atoms with van der Waals surface area (Å²) in [6.07, 6.45) is 0. The second kappa shape index (κ2) is 15.2. The zero-order chi connectivity index (χ0) is 26.5. The van der Waals surface area contributed by atoms with E-state index in [2.05, 4.69) is 20.9 Å². The third-order valence-corrected chi connectivity index (χ3v) is 5.66. The molecule has 0 atom stereocenters. The molecule has 2 aromatic carbocycles. The first-order valence-corrected chi connectivity index (χ1v) is 12.6. The van der Waals surface area contributed by atoms with Gasteiger partial charge in [-0.05, 0) is 56.2 Å². The number of benzene rings is 2. The van der Waals surface area contributed by atoms with Gasteiger partial charge in [0.1, 0.15) is 28.6 Å². The van der Waals surface area contributed by atoms with Crippen molar-refractivity contribution in [3.05, 3.63) is 46.3 Å². The van der Waals surface area contributed by atoms with Crippen molar-refractivity contribution in [2.45, 2.75) is 20.8 Å². The summed E-state index contributed by atoms with van der Waals surface area (Å²) >= 11 is 4.53. The summed E-state index contributed by atoms with van der Waals surface area (Å²) in [4.78, 5) is 15.9. The van der Waals surface area contributed by atoms with E-state index < -0.39 is 0 Å². The number of nitrogens with zero attached hydrogens (tertiary/aromatic N) is 1. The van der Waals surface area contributed by atoms with Gasteiger partial charge in [-0.2, -0.15) is 0 Å². The molecular weight excluding hydrogens is 536 g/mol. The fourth-order valence-corrected chi connectivity index (χ4v) is 3.92. The number of ketones is 1. The highest BCUT2D eigenvalue weighted by Crippen LogP contribution is 2.40. The third kappa shape index (κ3) is 8.41. The Balaban J connectivity index is 0.000000317. The van der Waals surface area contributed by atoms with Gasteiger partial charge in [0.25, 0.3) is 0 Å². The maximum atomic E-state index is 11.7. The van der Waals surface area contributed by atoms with Crippen LogP contribution in [0.25, 0.3) is 11.3 Å². The van der Waals surface area contributed by atoms with Gasteiger partial charge in [0, 0.05) is 12.0 Å². The Morgan fingerprint density at radius 1 is 0.943 bits per heavy atom. The number of anilines is 1. The predicted molar refractivity (Wildman–Crippen MR) is 145 cm³/mol. The number of aliphatic hydroxyl groups is 1. The van der Waals surface area contributed by atoms with E-state index in [9.17, 15) is 4.79 Å². The van der Waals surface area contributed by atoms with Crippen LogP contribution in [0.15, 0.2) is 29.6 Å². The van der Waals surface area contributed by atoms with Crippen LogP contribution < -0.4 is 24.7 Å². The number of carbonyl (C=O) groups is 1. The van der Waals surface area contributed by atoms with E-state index >= 15 is 0 Å². The number of hydrogen-bond donors (Lipinski definition) is 2. The average Bonchev–Trinajstić information content (AvgIpc) is 3.28. The van der Waals surface area contributed by atoms with E-state index in [1.807, 2.05) is 43.5 Å². The van der Waals surface area contributed by atoms with E-state index in [4.69, 9.17) is 29.8 Å². The quantitative estimate of drug-likeness (QED) is 0.291. The molecule has 3 aromatic rings. The van der Waals surface area contributed by atoms with Crippen molar-refractivity contribution in [1.29, 1.82) is 0 Å². The van der Waals surface area contributed by atoms with Crippen molar-refractivity contribution in [2.75, 3.05) is 46.1 Å². The smallest absolute Gasteiger partial charge is 0.180 e. The molecule has 0 aliphatic rings. The topological polar surface area (TPSA) is 113 Å². The number of ether oxygens (including phenoxy) is 4. The lowest BCUT2D eigenvalue weighted by Gasteiger charge is -2.12. The molecule has 35 heavy (non-hydrogen) atoms. The standard InChI is InChI=1S/C12H14N2O2S.C11H13BrO3.C2H6O/c1-7-4-9(15-2)11(10(5-7)16-3)8-6-17-12(13)14-8;1-7-4-9(14-2)11(8(13)6-12)10(5-7)15-3;1-2-3/h4-6H,1-3H3,(H2,13,14);4-5H,6H2,1-3H3;3H,2H2,1H3. The summed E-state index contributed by atoms with van der Waals surface area (Å²) < 4.78 is 21.1. The van der Waals surface area contributed by atoms with Gasteiger partial charge in [-0.3, -0.25) is 4.79 Å². The van der Waals surface area contributed by atoms with E-state index in [-0.39, 0.29) is 17.7 Å². The second-order valence-electron chi connectivity index (χ2n) is 7.03. The van der Waals surface area contributed by atoms with Crippen molar-refractivity contribution < 1.29 is 28.8 Å². The molecule has 8 nitrogen and oxygen atoms in total. The van der Waals surface area contributed by atoms with Crippen LogP contribution in [0.2, 0.25) is 0 Å². The van der Waals surface area contributed by atoms with Crippen molar-refractivity contribution in [3.63, 3.8) is 0 Å². The van der Waals surface area contributed by atoms with E-state index in [0.717, 1.165) is 33.9 Å². The number of aliphatic hydroxyl groups excluding tert-OH is 1. The second-order valence-corrected chi connectivity index (χ2v) is 8.48. The zero-order valence-electron chi connectivity index (χ0n) is 21.1. The van der Waals surface area contributed by atoms with Crippen LogP contribution in [0.4, 0.5) is 5.13 Å². The molecule has 1 aromatic heterocycles. The van der Waals surface area contributed by atoms with E-state index in [0.29, 0.717) is 22.2 Å². The first kappa shape index (κ1) is 30.2. The molecule has 0 unspecified atom stereocenters. The van der Waals surface area contributed by atoms with Gasteiger partial charge in [-0.1, -0.05) is 15.9 Å². The Labute approximate surface area is 219 Å². The number of methoxy groups -OCH3 is 4. The number of Topliss-reactive ketones (excluding diaryl/α,β-unsaturated/α-hetero) is 1. The molecule has 0 radical (unpaired) electrons. The first-order valence-electron chi connectivity index (χ1n) is 10.6. The summed E-state index contributed by atoms with van der Waals surface area (Å²) in [7, 11) is 6.35. The van der Waals surface area contributed by atoms with Crippen LogP contribution in [0.3, 0.4) is 0 Å². The third-order valence-electron chi connectivity index (χ3n) is 4.48. The molecule has 0 saturated heterocycles. The minimum atomic E-state index is -0.0521. The van der Waals surface area contributed by atoms with E-state index in [1.165, 1.54) is 11.3 Å². The minimum Gasteiger partial charge on any atom is -0.496 e. The van der Waals surface area contributed by atoms with Crippen molar-refractivity contribution in [2.24, 2.45) is 0 Å². The van der Waals surface area contributed by atoms with Crippen LogP contribution in [0.5, 0.6) is 23.0 Å². The number of nitrogens with two attached hydrogens (primary N) is 1. The maximum absolute atomic E-state index is 11.7. The molecule has 0 spiro atoms. The van der Waals surface area contributed by atoms with Crippen molar-refractivity contribution in [3.8, 4) is 34.3 Å². The molecule has 0 aliphatic carbocycles. The number of hydrogen-bond acceptors (Lipinski definition) is 9. The van der Waals surface area contributed by atoms with Gasteiger partial charge in [0.2, 0.25) is 0 Å². The summed E-state index contributed by atoms with van der Waals surface area (Å²) in [5.74, 6) is 2.54. The molecule has 0 bridgehead atoms. The molecule has 0 amide bonds. The van der Waals surface area contributed by atoms with Crippen LogP contribution in [0, 0.1) is 13.8 Å². The number of aryl methyl sites for hydroxylation is 2. The highest BCUT2D eigenvalue weighted by molar-refractivity contribution is 9.09. The summed E-state index contributed by atoms with van der Waals surface area (Å²) in [5, 5.41) is 10.2. The molecule has 0 saturated carbocycles. The van der Waals surface area contributed by atoms with Gasteiger partial charge in [0.15, 0.2) is 10.9 Å².